The van der Waals surface area contributed by atoms with Gasteiger partial charge in [0.25, 0.3) is 0 Å². The third-order valence-corrected chi connectivity index (χ3v) is 4.96. The van der Waals surface area contributed by atoms with Gasteiger partial charge < -0.3 is 15.1 Å². The molecule has 1 aliphatic heterocycles. The van der Waals surface area contributed by atoms with Gasteiger partial charge in [0.2, 0.25) is 0 Å². The Labute approximate surface area is 159 Å². The molecule has 1 aromatic carbocycles. The number of hydrogen-bond acceptors (Lipinski definition) is 6. The van der Waals surface area contributed by atoms with Gasteiger partial charge in [-0.05, 0) is 37.1 Å². The predicted molar refractivity (Wildman–Crippen MR) is 110 cm³/mol. The number of nitrogens with one attached hydrogen (secondary N) is 1. The van der Waals surface area contributed by atoms with Gasteiger partial charge in [-0.3, -0.25) is 0 Å². The van der Waals surface area contributed by atoms with Crippen molar-refractivity contribution in [3.8, 4) is 0 Å². The molecule has 0 saturated carbocycles. The maximum Gasteiger partial charge on any atom is 0.135 e. The SMILES string of the molecule is Cc1cccc(C)c1Nc1cc(N2CCN(c3ccccn3)CC2)ncn1. The molecule has 0 bridgehead atoms. The largest absolute Gasteiger partial charge is 0.353 e. The van der Waals surface area contributed by atoms with Crippen molar-refractivity contribution in [3.05, 3.63) is 66.1 Å². The zero-order chi connectivity index (χ0) is 18.6. The van der Waals surface area contributed by atoms with Gasteiger partial charge in [-0.1, -0.05) is 24.3 Å². The van der Waals surface area contributed by atoms with Crippen LogP contribution in [0.2, 0.25) is 0 Å². The van der Waals surface area contributed by atoms with Crippen LogP contribution >= 0.6 is 0 Å². The number of aryl methyl sites for hydroxylation is 2. The van der Waals surface area contributed by atoms with Crippen LogP contribution in [0.4, 0.5) is 23.1 Å². The number of pyridine rings is 1. The van der Waals surface area contributed by atoms with Crippen LogP contribution in [0.5, 0.6) is 0 Å². The van der Waals surface area contributed by atoms with E-state index in [-0.39, 0.29) is 0 Å². The zero-order valence-electron chi connectivity index (χ0n) is 15.8. The van der Waals surface area contributed by atoms with E-state index in [2.05, 4.69) is 68.2 Å². The second-order valence-corrected chi connectivity index (χ2v) is 6.82. The molecule has 6 heteroatoms. The van der Waals surface area contributed by atoms with Gasteiger partial charge in [0, 0.05) is 44.1 Å². The van der Waals surface area contributed by atoms with E-state index in [0.29, 0.717) is 0 Å². The molecule has 0 unspecified atom stereocenters. The number of anilines is 4. The van der Waals surface area contributed by atoms with Gasteiger partial charge in [-0.25, -0.2) is 15.0 Å². The fraction of sp³-hybridized carbons (Fsp3) is 0.286. The minimum absolute atomic E-state index is 0.824. The summed E-state index contributed by atoms with van der Waals surface area (Å²) in [6, 6.07) is 14.4. The Morgan fingerprint density at radius 2 is 1.48 bits per heavy atom. The monoisotopic (exact) mass is 360 g/mol. The molecule has 138 valence electrons. The van der Waals surface area contributed by atoms with E-state index >= 15 is 0 Å². The van der Waals surface area contributed by atoms with Gasteiger partial charge in [0.1, 0.15) is 23.8 Å². The third kappa shape index (κ3) is 3.84. The van der Waals surface area contributed by atoms with Crippen molar-refractivity contribution in [2.24, 2.45) is 0 Å². The molecular formula is C21H24N6. The van der Waals surface area contributed by atoms with Crippen molar-refractivity contribution in [2.45, 2.75) is 13.8 Å². The summed E-state index contributed by atoms with van der Waals surface area (Å²) < 4.78 is 0. The standard InChI is InChI=1S/C21H24N6/c1-16-6-5-7-17(2)21(16)25-18-14-20(24-15-23-18)27-12-10-26(11-13-27)19-8-3-4-9-22-19/h3-9,14-15H,10-13H2,1-2H3,(H,23,24,25). The van der Waals surface area contributed by atoms with Gasteiger partial charge >= 0.3 is 0 Å². The minimum Gasteiger partial charge on any atom is -0.353 e. The molecule has 4 rings (SSSR count). The summed E-state index contributed by atoms with van der Waals surface area (Å²) in [5.41, 5.74) is 3.53. The zero-order valence-corrected chi connectivity index (χ0v) is 15.8. The first-order valence-electron chi connectivity index (χ1n) is 9.27. The van der Waals surface area contributed by atoms with Crippen molar-refractivity contribution < 1.29 is 0 Å². The molecule has 0 spiro atoms. The fourth-order valence-corrected chi connectivity index (χ4v) is 3.43. The van der Waals surface area contributed by atoms with E-state index in [1.165, 1.54) is 11.1 Å². The lowest BCUT2D eigenvalue weighted by Crippen LogP contribution is -2.47. The highest BCUT2D eigenvalue weighted by molar-refractivity contribution is 5.66. The molecule has 1 saturated heterocycles. The lowest BCUT2D eigenvalue weighted by Gasteiger charge is -2.36. The van der Waals surface area contributed by atoms with Crippen molar-refractivity contribution in [2.75, 3.05) is 41.3 Å². The summed E-state index contributed by atoms with van der Waals surface area (Å²) in [7, 11) is 0. The normalized spacial score (nSPS) is 14.3. The van der Waals surface area contributed by atoms with Crippen LogP contribution in [0.25, 0.3) is 0 Å². The van der Waals surface area contributed by atoms with Crippen molar-refractivity contribution in [1.82, 2.24) is 15.0 Å². The average Bonchev–Trinajstić information content (AvgIpc) is 2.72. The molecule has 27 heavy (non-hydrogen) atoms. The Morgan fingerprint density at radius 3 is 2.15 bits per heavy atom. The molecule has 1 aliphatic rings. The van der Waals surface area contributed by atoms with Gasteiger partial charge in [-0.2, -0.15) is 0 Å². The van der Waals surface area contributed by atoms with E-state index in [1.54, 1.807) is 6.33 Å². The molecule has 6 nitrogen and oxygen atoms in total. The van der Waals surface area contributed by atoms with E-state index in [4.69, 9.17) is 0 Å². The number of hydrogen-bond donors (Lipinski definition) is 1. The van der Waals surface area contributed by atoms with Crippen LogP contribution in [-0.2, 0) is 0 Å². The molecular weight excluding hydrogens is 336 g/mol. The molecule has 0 atom stereocenters. The Bertz CT molecular complexity index is 883. The Morgan fingerprint density at radius 1 is 0.778 bits per heavy atom. The van der Waals surface area contributed by atoms with Crippen molar-refractivity contribution in [1.29, 1.82) is 0 Å². The highest BCUT2D eigenvalue weighted by Gasteiger charge is 2.19. The first-order valence-corrected chi connectivity index (χ1v) is 9.27. The van der Waals surface area contributed by atoms with Crippen molar-refractivity contribution >= 4 is 23.1 Å². The summed E-state index contributed by atoms with van der Waals surface area (Å²) in [5.74, 6) is 2.82. The third-order valence-electron chi connectivity index (χ3n) is 4.96. The number of rotatable bonds is 4. The van der Waals surface area contributed by atoms with E-state index in [1.807, 2.05) is 24.4 Å². The predicted octanol–water partition coefficient (Wildman–Crippen LogP) is 3.56. The van der Waals surface area contributed by atoms with Gasteiger partial charge in [0.05, 0.1) is 0 Å². The quantitative estimate of drug-likeness (QED) is 0.768. The van der Waals surface area contributed by atoms with E-state index in [9.17, 15) is 0 Å². The number of aromatic nitrogens is 3. The molecule has 1 fully saturated rings. The molecule has 2 aromatic heterocycles. The topological polar surface area (TPSA) is 57.2 Å². The summed E-state index contributed by atoms with van der Waals surface area (Å²) in [5, 5.41) is 3.46. The number of nitrogens with zero attached hydrogens (tertiary/aromatic N) is 5. The maximum atomic E-state index is 4.49. The molecule has 3 aromatic rings. The van der Waals surface area contributed by atoms with Gasteiger partial charge in [-0.15, -0.1) is 0 Å². The molecule has 1 N–H and O–H groups in total. The van der Waals surface area contributed by atoms with Crippen LogP contribution < -0.4 is 15.1 Å². The lowest BCUT2D eigenvalue weighted by molar-refractivity contribution is 0.641. The van der Waals surface area contributed by atoms with Crippen molar-refractivity contribution in [3.63, 3.8) is 0 Å². The molecule has 0 amide bonds. The first-order chi connectivity index (χ1) is 13.2. The lowest BCUT2D eigenvalue weighted by atomic mass is 10.1. The van der Waals surface area contributed by atoms with Crippen LogP contribution in [0, 0.1) is 13.8 Å². The van der Waals surface area contributed by atoms with E-state index in [0.717, 1.165) is 49.3 Å². The second kappa shape index (κ2) is 7.61. The molecule has 3 heterocycles. The number of piperazine rings is 1. The Balaban J connectivity index is 1.46. The van der Waals surface area contributed by atoms with Crippen LogP contribution in [-0.4, -0.2) is 41.1 Å². The smallest absolute Gasteiger partial charge is 0.135 e. The Hall–Kier alpha value is -3.15. The maximum absolute atomic E-state index is 4.49. The van der Waals surface area contributed by atoms with Crippen LogP contribution in [0.1, 0.15) is 11.1 Å². The van der Waals surface area contributed by atoms with E-state index < -0.39 is 0 Å². The summed E-state index contributed by atoms with van der Waals surface area (Å²) in [6.07, 6.45) is 3.48. The van der Waals surface area contributed by atoms with Crippen LogP contribution in [0.3, 0.4) is 0 Å². The molecule has 0 aliphatic carbocycles. The Kier molecular flexibility index (Phi) is 4.87. The summed E-state index contributed by atoms with van der Waals surface area (Å²) in [6.45, 7) is 7.90. The second-order valence-electron chi connectivity index (χ2n) is 6.82. The number of para-hydroxylation sites is 1. The minimum atomic E-state index is 0.824. The highest BCUT2D eigenvalue weighted by atomic mass is 15.3. The highest BCUT2D eigenvalue weighted by Crippen LogP contribution is 2.25. The van der Waals surface area contributed by atoms with Crippen LogP contribution in [0.15, 0.2) is 55.0 Å². The summed E-state index contributed by atoms with van der Waals surface area (Å²) >= 11 is 0. The van der Waals surface area contributed by atoms with Gasteiger partial charge in [0.15, 0.2) is 0 Å². The summed E-state index contributed by atoms with van der Waals surface area (Å²) in [4.78, 5) is 18.0. The molecule has 0 radical (unpaired) electrons. The first kappa shape index (κ1) is 17.3. The average molecular weight is 360 g/mol. The fourth-order valence-electron chi connectivity index (χ4n) is 3.43. The number of benzene rings is 1.